The van der Waals surface area contributed by atoms with Gasteiger partial charge in [0.15, 0.2) is 11.5 Å². The molecule has 0 atom stereocenters. The van der Waals surface area contributed by atoms with Gasteiger partial charge in [0.25, 0.3) is 0 Å². The number of benzene rings is 1. The highest BCUT2D eigenvalue weighted by atomic mass is 16.5. The van der Waals surface area contributed by atoms with Gasteiger partial charge < -0.3 is 19.8 Å². The number of aryl methyl sites for hydroxylation is 1. The maximum absolute atomic E-state index is 11.8. The lowest BCUT2D eigenvalue weighted by atomic mass is 10.1. The lowest BCUT2D eigenvalue weighted by Crippen LogP contribution is -2.22. The molecule has 0 aliphatic heterocycles. The molecule has 0 bridgehead atoms. The maximum Gasteiger partial charge on any atom is 0.220 e. The largest absolute Gasteiger partial charge is 0.493 e. The van der Waals surface area contributed by atoms with E-state index in [1.165, 1.54) is 0 Å². The molecule has 0 radical (unpaired) electrons. The summed E-state index contributed by atoms with van der Waals surface area (Å²) in [5.74, 6) is 1.41. The van der Waals surface area contributed by atoms with E-state index in [1.54, 1.807) is 14.2 Å². The van der Waals surface area contributed by atoms with Gasteiger partial charge in [-0.3, -0.25) is 4.79 Å². The van der Waals surface area contributed by atoms with Gasteiger partial charge in [0.05, 0.1) is 14.2 Å². The first-order valence-electron chi connectivity index (χ1n) is 6.82. The minimum atomic E-state index is 0.0333. The number of aromatic amines is 1. The zero-order valence-corrected chi connectivity index (χ0v) is 12.3. The van der Waals surface area contributed by atoms with E-state index in [2.05, 4.69) is 10.3 Å². The lowest BCUT2D eigenvalue weighted by molar-refractivity contribution is -0.121. The van der Waals surface area contributed by atoms with Crippen LogP contribution in [-0.4, -0.2) is 25.1 Å². The summed E-state index contributed by atoms with van der Waals surface area (Å²) in [6.07, 6.45) is 4.82. The van der Waals surface area contributed by atoms with Crippen molar-refractivity contribution >= 4 is 5.91 Å². The van der Waals surface area contributed by atoms with Crippen LogP contribution in [0.5, 0.6) is 11.5 Å². The first-order chi connectivity index (χ1) is 10.2. The van der Waals surface area contributed by atoms with Crippen LogP contribution >= 0.6 is 0 Å². The highest BCUT2D eigenvalue weighted by Crippen LogP contribution is 2.27. The number of carbonyl (C=O) groups excluding carboxylic acids is 1. The molecular formula is C16H20N2O3. The first kappa shape index (κ1) is 15.0. The summed E-state index contributed by atoms with van der Waals surface area (Å²) < 4.78 is 10.4. The van der Waals surface area contributed by atoms with Crippen molar-refractivity contribution in [1.82, 2.24) is 10.3 Å². The molecule has 1 aromatic carbocycles. The summed E-state index contributed by atoms with van der Waals surface area (Å²) in [5.41, 5.74) is 2.11. The van der Waals surface area contributed by atoms with Gasteiger partial charge in [-0.1, -0.05) is 6.07 Å². The number of H-pyrrole nitrogens is 1. The Labute approximate surface area is 124 Å². The summed E-state index contributed by atoms with van der Waals surface area (Å²) in [6, 6.07) is 7.64. The molecule has 0 fully saturated rings. The van der Waals surface area contributed by atoms with E-state index in [-0.39, 0.29) is 5.91 Å². The standard InChI is InChI=1S/C16H20N2O3/c1-20-14-5-3-12(9-15(14)21-2)4-6-16(19)18-11-13-7-8-17-10-13/h3,5,7-10,17H,4,6,11H2,1-2H3,(H,18,19). The van der Waals surface area contributed by atoms with Crippen LogP contribution in [0.4, 0.5) is 0 Å². The molecule has 0 saturated heterocycles. The fraction of sp³-hybridized carbons (Fsp3) is 0.312. The molecule has 21 heavy (non-hydrogen) atoms. The molecule has 0 aliphatic rings. The van der Waals surface area contributed by atoms with Crippen LogP contribution < -0.4 is 14.8 Å². The molecule has 112 valence electrons. The topological polar surface area (TPSA) is 63.3 Å². The van der Waals surface area contributed by atoms with Crippen LogP contribution in [0.15, 0.2) is 36.7 Å². The Balaban J connectivity index is 1.83. The Hall–Kier alpha value is -2.43. The number of methoxy groups -OCH3 is 2. The van der Waals surface area contributed by atoms with Crippen LogP contribution in [-0.2, 0) is 17.8 Å². The fourth-order valence-corrected chi connectivity index (χ4v) is 2.05. The number of ether oxygens (including phenoxy) is 2. The highest BCUT2D eigenvalue weighted by molar-refractivity contribution is 5.76. The molecule has 1 amide bonds. The van der Waals surface area contributed by atoms with Crippen LogP contribution in [0.1, 0.15) is 17.5 Å². The number of nitrogens with one attached hydrogen (secondary N) is 2. The fourth-order valence-electron chi connectivity index (χ4n) is 2.05. The molecule has 0 saturated carbocycles. The van der Waals surface area contributed by atoms with E-state index in [9.17, 15) is 4.79 Å². The number of aromatic nitrogens is 1. The molecule has 0 aliphatic carbocycles. The average molecular weight is 288 g/mol. The number of hydrogen-bond acceptors (Lipinski definition) is 3. The molecule has 0 unspecified atom stereocenters. The van der Waals surface area contributed by atoms with Crippen LogP contribution in [0.2, 0.25) is 0 Å². The van der Waals surface area contributed by atoms with E-state index in [1.807, 2.05) is 36.7 Å². The zero-order chi connectivity index (χ0) is 15.1. The van der Waals surface area contributed by atoms with Gasteiger partial charge in [0.1, 0.15) is 0 Å². The Kier molecular flexibility index (Phi) is 5.26. The summed E-state index contributed by atoms with van der Waals surface area (Å²) in [6.45, 7) is 0.550. The quantitative estimate of drug-likeness (QED) is 0.821. The third kappa shape index (κ3) is 4.27. The van der Waals surface area contributed by atoms with Gasteiger partial charge in [-0.05, 0) is 35.7 Å². The van der Waals surface area contributed by atoms with Gasteiger partial charge in [0, 0.05) is 25.4 Å². The Morgan fingerprint density at radius 2 is 1.95 bits per heavy atom. The molecule has 2 rings (SSSR count). The maximum atomic E-state index is 11.8. The van der Waals surface area contributed by atoms with Gasteiger partial charge in [0.2, 0.25) is 5.91 Å². The van der Waals surface area contributed by atoms with Crippen molar-refractivity contribution in [3.8, 4) is 11.5 Å². The molecule has 5 nitrogen and oxygen atoms in total. The Morgan fingerprint density at radius 1 is 1.14 bits per heavy atom. The third-order valence-electron chi connectivity index (χ3n) is 3.24. The van der Waals surface area contributed by atoms with Gasteiger partial charge in [-0.15, -0.1) is 0 Å². The normalized spacial score (nSPS) is 10.2. The van der Waals surface area contributed by atoms with Crippen molar-refractivity contribution in [2.75, 3.05) is 14.2 Å². The molecule has 5 heteroatoms. The number of hydrogen-bond donors (Lipinski definition) is 2. The van der Waals surface area contributed by atoms with Crippen molar-refractivity contribution in [3.63, 3.8) is 0 Å². The third-order valence-corrected chi connectivity index (χ3v) is 3.24. The van der Waals surface area contributed by atoms with Crippen LogP contribution in [0, 0.1) is 0 Å². The summed E-state index contributed by atoms with van der Waals surface area (Å²) in [5, 5.41) is 2.89. The summed E-state index contributed by atoms with van der Waals surface area (Å²) >= 11 is 0. The van der Waals surface area contributed by atoms with Crippen molar-refractivity contribution in [1.29, 1.82) is 0 Å². The highest BCUT2D eigenvalue weighted by Gasteiger charge is 2.07. The number of rotatable bonds is 7. The van der Waals surface area contributed by atoms with E-state index in [0.29, 0.717) is 30.9 Å². The second-order valence-electron chi connectivity index (χ2n) is 4.69. The van der Waals surface area contributed by atoms with Gasteiger partial charge >= 0.3 is 0 Å². The second-order valence-corrected chi connectivity index (χ2v) is 4.69. The van der Waals surface area contributed by atoms with Gasteiger partial charge in [-0.25, -0.2) is 0 Å². The predicted molar refractivity (Wildman–Crippen MR) is 80.5 cm³/mol. The van der Waals surface area contributed by atoms with E-state index in [4.69, 9.17) is 9.47 Å². The van der Waals surface area contributed by atoms with Crippen molar-refractivity contribution in [3.05, 3.63) is 47.8 Å². The van der Waals surface area contributed by atoms with E-state index >= 15 is 0 Å². The van der Waals surface area contributed by atoms with Crippen molar-refractivity contribution in [2.24, 2.45) is 0 Å². The minimum absolute atomic E-state index is 0.0333. The lowest BCUT2D eigenvalue weighted by Gasteiger charge is -2.09. The average Bonchev–Trinajstić information content (AvgIpc) is 3.04. The van der Waals surface area contributed by atoms with Crippen molar-refractivity contribution < 1.29 is 14.3 Å². The minimum Gasteiger partial charge on any atom is -0.493 e. The van der Waals surface area contributed by atoms with Crippen LogP contribution in [0.25, 0.3) is 0 Å². The predicted octanol–water partition coefficient (Wildman–Crippen LogP) is 2.28. The zero-order valence-electron chi connectivity index (χ0n) is 12.3. The Morgan fingerprint density at radius 3 is 2.62 bits per heavy atom. The van der Waals surface area contributed by atoms with Gasteiger partial charge in [-0.2, -0.15) is 0 Å². The SMILES string of the molecule is COc1ccc(CCC(=O)NCc2cc[nH]c2)cc1OC. The summed E-state index contributed by atoms with van der Waals surface area (Å²) in [4.78, 5) is 14.8. The summed E-state index contributed by atoms with van der Waals surface area (Å²) in [7, 11) is 3.21. The molecule has 0 spiro atoms. The molecule has 2 N–H and O–H groups in total. The number of amides is 1. The van der Waals surface area contributed by atoms with Crippen LogP contribution in [0.3, 0.4) is 0 Å². The number of carbonyl (C=O) groups is 1. The second kappa shape index (κ2) is 7.38. The molecule has 2 aromatic rings. The first-order valence-corrected chi connectivity index (χ1v) is 6.82. The van der Waals surface area contributed by atoms with Crippen molar-refractivity contribution in [2.45, 2.75) is 19.4 Å². The molecular weight excluding hydrogens is 268 g/mol. The smallest absolute Gasteiger partial charge is 0.220 e. The van der Waals surface area contributed by atoms with E-state index in [0.717, 1.165) is 11.1 Å². The monoisotopic (exact) mass is 288 g/mol. The Bertz CT molecular complexity index is 579. The molecule has 1 aromatic heterocycles. The molecule has 1 heterocycles. The van der Waals surface area contributed by atoms with E-state index < -0.39 is 0 Å².